The van der Waals surface area contributed by atoms with Crippen LogP contribution in [0.3, 0.4) is 0 Å². The molecule has 0 fully saturated rings. The van der Waals surface area contributed by atoms with Crippen LogP contribution < -0.4 is 0 Å². The summed E-state index contributed by atoms with van der Waals surface area (Å²) in [5.41, 5.74) is -0.531. The summed E-state index contributed by atoms with van der Waals surface area (Å²) in [6.45, 7) is 7.34. The first kappa shape index (κ1) is 12.0. The predicted molar refractivity (Wildman–Crippen MR) is 60.2 cm³/mol. The number of hydrogen-bond acceptors (Lipinski definition) is 2. The van der Waals surface area contributed by atoms with E-state index in [1.807, 2.05) is 20.8 Å². The van der Waals surface area contributed by atoms with E-state index in [-0.39, 0.29) is 5.78 Å². The third-order valence-electron chi connectivity index (χ3n) is 3.48. The van der Waals surface area contributed by atoms with E-state index in [0.29, 0.717) is 24.0 Å². The fraction of sp³-hybridized carbons (Fsp3) is 0.615. The van der Waals surface area contributed by atoms with Crippen LogP contribution >= 0.6 is 0 Å². The van der Waals surface area contributed by atoms with Gasteiger partial charge in [0.2, 0.25) is 0 Å². The van der Waals surface area contributed by atoms with Gasteiger partial charge in [-0.25, -0.2) is 0 Å². The zero-order chi connectivity index (χ0) is 11.9. The third kappa shape index (κ3) is 1.52. The first-order valence-corrected chi connectivity index (χ1v) is 5.23. The van der Waals surface area contributed by atoms with E-state index in [0.717, 1.165) is 0 Å². The molecule has 1 rings (SSSR count). The molecule has 1 atom stereocenters. The van der Waals surface area contributed by atoms with E-state index in [2.05, 4.69) is 5.92 Å². The molecule has 0 radical (unpaired) electrons. The van der Waals surface area contributed by atoms with E-state index in [9.17, 15) is 9.90 Å². The highest BCUT2D eigenvalue weighted by Gasteiger charge is 2.49. The average Bonchev–Trinajstić information content (AvgIpc) is 2.14. The van der Waals surface area contributed by atoms with Gasteiger partial charge in [-0.2, -0.15) is 0 Å². The standard InChI is InChI=1S/C13H18O2/c1-6-10-9(3)13(15,7-2)12(4,5)8-11(10)14/h2,15H,6,8H2,1,3-5H3. The van der Waals surface area contributed by atoms with Gasteiger partial charge in [0, 0.05) is 11.8 Å². The van der Waals surface area contributed by atoms with Crippen molar-refractivity contribution >= 4 is 5.78 Å². The normalized spacial score (nSPS) is 30.3. The molecule has 0 bridgehead atoms. The number of allylic oxidation sites excluding steroid dienone is 1. The van der Waals surface area contributed by atoms with Crippen molar-refractivity contribution in [2.24, 2.45) is 5.41 Å². The maximum Gasteiger partial charge on any atom is 0.159 e. The van der Waals surface area contributed by atoms with Crippen LogP contribution in [0, 0.1) is 17.8 Å². The van der Waals surface area contributed by atoms with Crippen molar-refractivity contribution in [2.75, 3.05) is 0 Å². The zero-order valence-corrected chi connectivity index (χ0v) is 9.85. The Morgan fingerprint density at radius 3 is 2.47 bits per heavy atom. The van der Waals surface area contributed by atoms with Gasteiger partial charge in [-0.15, -0.1) is 6.42 Å². The van der Waals surface area contributed by atoms with Gasteiger partial charge in [0.15, 0.2) is 11.4 Å². The van der Waals surface area contributed by atoms with Crippen LogP contribution in [0.2, 0.25) is 0 Å². The van der Waals surface area contributed by atoms with Crippen LogP contribution in [0.15, 0.2) is 11.1 Å². The Kier molecular flexibility index (Phi) is 2.80. The van der Waals surface area contributed by atoms with Gasteiger partial charge < -0.3 is 5.11 Å². The molecule has 0 spiro atoms. The molecule has 1 aliphatic carbocycles. The Morgan fingerprint density at radius 1 is 1.53 bits per heavy atom. The summed E-state index contributed by atoms with van der Waals surface area (Å²) in [6.07, 6.45) is 6.36. The smallest absolute Gasteiger partial charge is 0.159 e. The van der Waals surface area contributed by atoms with Gasteiger partial charge in [-0.05, 0) is 24.5 Å². The number of carbonyl (C=O) groups is 1. The van der Waals surface area contributed by atoms with Crippen molar-refractivity contribution in [1.82, 2.24) is 0 Å². The highest BCUT2D eigenvalue weighted by Crippen LogP contribution is 2.45. The largest absolute Gasteiger partial charge is 0.373 e. The molecule has 2 nitrogen and oxygen atoms in total. The van der Waals surface area contributed by atoms with E-state index in [4.69, 9.17) is 6.42 Å². The molecule has 1 unspecified atom stereocenters. The third-order valence-corrected chi connectivity index (χ3v) is 3.48. The quantitative estimate of drug-likeness (QED) is 0.667. The van der Waals surface area contributed by atoms with Crippen LogP contribution in [0.4, 0.5) is 0 Å². The summed E-state index contributed by atoms with van der Waals surface area (Å²) in [5.74, 6) is 2.56. The molecule has 0 saturated carbocycles. The highest BCUT2D eigenvalue weighted by molar-refractivity contribution is 5.98. The van der Waals surface area contributed by atoms with E-state index < -0.39 is 11.0 Å². The number of hydrogen-bond donors (Lipinski definition) is 1. The van der Waals surface area contributed by atoms with Crippen molar-refractivity contribution in [3.8, 4) is 12.3 Å². The van der Waals surface area contributed by atoms with Crippen LogP contribution in [0.1, 0.15) is 40.5 Å². The molecule has 1 N–H and O–H groups in total. The summed E-state index contributed by atoms with van der Waals surface area (Å²) >= 11 is 0. The number of carbonyl (C=O) groups excluding carboxylic acids is 1. The number of terminal acetylenes is 1. The molecule has 0 aromatic heterocycles. The first-order valence-electron chi connectivity index (χ1n) is 5.23. The van der Waals surface area contributed by atoms with Crippen molar-refractivity contribution in [3.63, 3.8) is 0 Å². The van der Waals surface area contributed by atoms with Crippen LogP contribution in [-0.2, 0) is 4.79 Å². The molecular weight excluding hydrogens is 188 g/mol. The SMILES string of the molecule is C#CC1(O)C(C)=C(CC)C(=O)CC1(C)C. The molecular formula is C13H18O2. The molecule has 0 heterocycles. The van der Waals surface area contributed by atoms with Crippen LogP contribution in [0.25, 0.3) is 0 Å². The second kappa shape index (κ2) is 3.50. The topological polar surface area (TPSA) is 37.3 Å². The number of aliphatic hydroxyl groups is 1. The summed E-state index contributed by atoms with van der Waals surface area (Å²) in [4.78, 5) is 11.8. The number of ketones is 1. The van der Waals surface area contributed by atoms with Crippen molar-refractivity contribution < 1.29 is 9.90 Å². The first-order chi connectivity index (χ1) is 6.80. The minimum Gasteiger partial charge on any atom is -0.373 e. The molecule has 2 heteroatoms. The van der Waals surface area contributed by atoms with Crippen LogP contribution in [0.5, 0.6) is 0 Å². The lowest BCUT2D eigenvalue weighted by molar-refractivity contribution is -0.122. The summed E-state index contributed by atoms with van der Waals surface area (Å²) < 4.78 is 0. The van der Waals surface area contributed by atoms with Crippen molar-refractivity contribution in [3.05, 3.63) is 11.1 Å². The lowest BCUT2D eigenvalue weighted by Gasteiger charge is -2.43. The Labute approximate surface area is 91.4 Å². The minimum atomic E-state index is -1.29. The summed E-state index contributed by atoms with van der Waals surface area (Å²) in [5, 5.41) is 10.4. The number of rotatable bonds is 1. The molecule has 1 aliphatic rings. The molecule has 0 saturated heterocycles. The zero-order valence-electron chi connectivity index (χ0n) is 9.85. The fourth-order valence-corrected chi connectivity index (χ4v) is 2.34. The molecule has 0 aromatic rings. The minimum absolute atomic E-state index is 0.111. The Bertz CT molecular complexity index is 368. The van der Waals surface area contributed by atoms with Gasteiger partial charge in [-0.3, -0.25) is 4.79 Å². The van der Waals surface area contributed by atoms with Gasteiger partial charge in [-0.1, -0.05) is 26.7 Å². The lowest BCUT2D eigenvalue weighted by Crippen LogP contribution is -2.49. The summed E-state index contributed by atoms with van der Waals surface area (Å²) in [6, 6.07) is 0. The van der Waals surface area contributed by atoms with E-state index in [1.165, 1.54) is 0 Å². The van der Waals surface area contributed by atoms with Crippen molar-refractivity contribution in [2.45, 2.75) is 46.1 Å². The second-order valence-electron chi connectivity index (χ2n) is 4.80. The molecule has 0 amide bonds. The van der Waals surface area contributed by atoms with E-state index >= 15 is 0 Å². The van der Waals surface area contributed by atoms with Gasteiger partial charge >= 0.3 is 0 Å². The maximum atomic E-state index is 11.8. The Hall–Kier alpha value is -1.07. The monoisotopic (exact) mass is 206 g/mol. The molecule has 82 valence electrons. The second-order valence-corrected chi connectivity index (χ2v) is 4.80. The van der Waals surface area contributed by atoms with Gasteiger partial charge in [0.1, 0.15) is 0 Å². The average molecular weight is 206 g/mol. The number of Topliss-reactive ketones (excluding diaryl/α,β-unsaturated/α-hetero) is 1. The molecule has 0 aromatic carbocycles. The predicted octanol–water partition coefficient (Wildman–Crippen LogP) is 2.08. The Balaban J connectivity index is 3.43. The molecule has 15 heavy (non-hydrogen) atoms. The lowest BCUT2D eigenvalue weighted by atomic mass is 9.63. The van der Waals surface area contributed by atoms with Gasteiger partial charge in [0.25, 0.3) is 0 Å². The molecule has 0 aliphatic heterocycles. The van der Waals surface area contributed by atoms with Crippen molar-refractivity contribution in [1.29, 1.82) is 0 Å². The maximum absolute atomic E-state index is 11.8. The van der Waals surface area contributed by atoms with Crippen LogP contribution in [-0.4, -0.2) is 16.5 Å². The Morgan fingerprint density at radius 2 is 2.07 bits per heavy atom. The van der Waals surface area contributed by atoms with Gasteiger partial charge in [0.05, 0.1) is 0 Å². The highest BCUT2D eigenvalue weighted by atomic mass is 16.3. The fourth-order valence-electron chi connectivity index (χ4n) is 2.34. The van der Waals surface area contributed by atoms with E-state index in [1.54, 1.807) is 6.92 Å². The summed E-state index contributed by atoms with van der Waals surface area (Å²) in [7, 11) is 0.